The molecule has 0 saturated carbocycles. The molecule has 0 aromatic carbocycles. The van der Waals surface area contributed by atoms with Gasteiger partial charge in [0.2, 0.25) is 5.91 Å². The van der Waals surface area contributed by atoms with Gasteiger partial charge >= 0.3 is 0 Å². The number of hydrogen-bond acceptors (Lipinski definition) is 2. The Morgan fingerprint density at radius 3 is 3.00 bits per heavy atom. The monoisotopic (exact) mass is 255 g/mol. The molecule has 0 N–H and O–H groups in total. The van der Waals surface area contributed by atoms with E-state index < -0.39 is 5.38 Å². The minimum atomic E-state index is -0.433. The highest BCUT2D eigenvalue weighted by atomic mass is 35.5. The molecule has 2 heterocycles. The van der Waals surface area contributed by atoms with Crippen LogP contribution in [0.4, 0.5) is 0 Å². The summed E-state index contributed by atoms with van der Waals surface area (Å²) in [5.74, 6) is 0.386. The van der Waals surface area contributed by atoms with Gasteiger partial charge in [-0.1, -0.05) is 0 Å². The van der Waals surface area contributed by atoms with Crippen LogP contribution in [-0.2, 0) is 11.8 Å². The molecule has 0 spiro atoms. The topological polar surface area (TPSA) is 38.1 Å². The van der Waals surface area contributed by atoms with Gasteiger partial charge in [0.1, 0.15) is 5.38 Å². The molecule has 94 valence electrons. The molecule has 0 aliphatic carbocycles. The molecule has 0 bridgehead atoms. The summed E-state index contributed by atoms with van der Waals surface area (Å²) in [6, 6.07) is 2.03. The number of halogens is 1. The maximum Gasteiger partial charge on any atom is 0.240 e. The molecular formula is C12H18ClN3O. The largest absolute Gasteiger partial charge is 0.341 e. The zero-order valence-corrected chi connectivity index (χ0v) is 11.0. The summed E-state index contributed by atoms with van der Waals surface area (Å²) in [6.45, 7) is 3.29. The summed E-state index contributed by atoms with van der Waals surface area (Å²) < 4.78 is 1.81. The van der Waals surface area contributed by atoms with E-state index in [4.69, 9.17) is 11.6 Å². The number of rotatable bonds is 2. The van der Waals surface area contributed by atoms with E-state index in [1.807, 2.05) is 24.2 Å². The second kappa shape index (κ2) is 5.08. The third-order valence-corrected chi connectivity index (χ3v) is 3.41. The number of likely N-dealkylation sites (tertiary alicyclic amines) is 1. The zero-order chi connectivity index (χ0) is 12.4. The number of aromatic nitrogens is 2. The summed E-state index contributed by atoms with van der Waals surface area (Å²) >= 11 is 5.85. The van der Waals surface area contributed by atoms with E-state index in [0.717, 1.165) is 31.6 Å². The number of carbonyl (C=O) groups is 1. The number of carbonyl (C=O) groups excluding carboxylic acids is 1. The lowest BCUT2D eigenvalue weighted by Gasteiger charge is -2.32. The molecule has 17 heavy (non-hydrogen) atoms. The third-order valence-electron chi connectivity index (χ3n) is 3.23. The van der Waals surface area contributed by atoms with Crippen LogP contribution in [0.15, 0.2) is 12.3 Å². The molecule has 1 saturated heterocycles. The van der Waals surface area contributed by atoms with Crippen molar-refractivity contribution in [1.29, 1.82) is 0 Å². The molecule has 2 atom stereocenters. The van der Waals surface area contributed by atoms with Crippen molar-refractivity contribution in [3.63, 3.8) is 0 Å². The van der Waals surface area contributed by atoms with Crippen molar-refractivity contribution < 1.29 is 4.79 Å². The summed E-state index contributed by atoms with van der Waals surface area (Å²) in [7, 11) is 1.91. The van der Waals surface area contributed by atoms with E-state index >= 15 is 0 Å². The van der Waals surface area contributed by atoms with Crippen LogP contribution in [0.1, 0.15) is 31.4 Å². The molecule has 5 heteroatoms. The molecule has 4 nitrogen and oxygen atoms in total. The highest BCUT2D eigenvalue weighted by molar-refractivity contribution is 6.30. The molecule has 1 aromatic rings. The van der Waals surface area contributed by atoms with Gasteiger partial charge in [-0.2, -0.15) is 5.10 Å². The van der Waals surface area contributed by atoms with Gasteiger partial charge in [0.25, 0.3) is 0 Å². The number of amides is 1. The van der Waals surface area contributed by atoms with Crippen molar-refractivity contribution in [1.82, 2.24) is 14.7 Å². The first-order chi connectivity index (χ1) is 8.08. The summed E-state index contributed by atoms with van der Waals surface area (Å²) in [4.78, 5) is 13.7. The number of hydrogen-bond donors (Lipinski definition) is 0. The predicted octanol–water partition coefficient (Wildman–Crippen LogP) is 1.75. The maximum atomic E-state index is 11.8. The lowest BCUT2D eigenvalue weighted by molar-refractivity contribution is -0.131. The van der Waals surface area contributed by atoms with Gasteiger partial charge in [-0.15, -0.1) is 11.6 Å². The lowest BCUT2D eigenvalue weighted by Crippen LogP contribution is -2.42. The standard InChI is InChI=1S/C12H18ClN3O/c1-9(13)12(17)16-6-3-4-10(8-16)11-5-7-15(2)14-11/h5,7,9-10H,3-4,6,8H2,1-2H3/t9-,10-/m1/s1. The van der Waals surface area contributed by atoms with Gasteiger partial charge in [0, 0.05) is 32.3 Å². The lowest BCUT2D eigenvalue weighted by atomic mass is 9.95. The van der Waals surface area contributed by atoms with E-state index in [-0.39, 0.29) is 5.91 Å². The third kappa shape index (κ3) is 2.80. The minimum absolute atomic E-state index is 0.0345. The van der Waals surface area contributed by atoms with Crippen LogP contribution in [0, 0.1) is 0 Å². The fourth-order valence-electron chi connectivity index (χ4n) is 2.32. The summed E-state index contributed by atoms with van der Waals surface area (Å²) in [5, 5.41) is 3.99. The Kier molecular flexibility index (Phi) is 3.72. The fraction of sp³-hybridized carbons (Fsp3) is 0.667. The van der Waals surface area contributed by atoms with Gasteiger partial charge < -0.3 is 4.90 Å². The van der Waals surface area contributed by atoms with E-state index in [1.165, 1.54) is 0 Å². The van der Waals surface area contributed by atoms with Gasteiger partial charge in [-0.05, 0) is 25.8 Å². The molecule has 1 fully saturated rings. The maximum absolute atomic E-state index is 11.8. The van der Waals surface area contributed by atoms with Crippen LogP contribution in [0.3, 0.4) is 0 Å². The number of aryl methyl sites for hydroxylation is 1. The smallest absolute Gasteiger partial charge is 0.240 e. The summed E-state index contributed by atoms with van der Waals surface area (Å²) in [6.07, 6.45) is 4.06. The Bertz CT molecular complexity index is 402. The second-order valence-corrected chi connectivity index (χ2v) is 5.31. The van der Waals surface area contributed by atoms with E-state index in [9.17, 15) is 4.79 Å². The highest BCUT2D eigenvalue weighted by Crippen LogP contribution is 2.26. The first-order valence-electron chi connectivity index (χ1n) is 6.00. The van der Waals surface area contributed by atoms with Crippen molar-refractivity contribution in [2.24, 2.45) is 7.05 Å². The first-order valence-corrected chi connectivity index (χ1v) is 6.44. The Morgan fingerprint density at radius 2 is 2.41 bits per heavy atom. The number of piperidine rings is 1. The molecular weight excluding hydrogens is 238 g/mol. The van der Waals surface area contributed by atoms with Crippen LogP contribution < -0.4 is 0 Å². The molecule has 0 radical (unpaired) electrons. The van der Waals surface area contributed by atoms with Gasteiger partial charge in [-0.25, -0.2) is 0 Å². The Hall–Kier alpha value is -1.03. The molecule has 2 rings (SSSR count). The molecule has 1 aromatic heterocycles. The first kappa shape index (κ1) is 12.4. The van der Waals surface area contributed by atoms with Gasteiger partial charge in [0.15, 0.2) is 0 Å². The van der Waals surface area contributed by atoms with E-state index in [2.05, 4.69) is 5.10 Å². The highest BCUT2D eigenvalue weighted by Gasteiger charge is 2.27. The van der Waals surface area contributed by atoms with Gasteiger partial charge in [0.05, 0.1) is 5.69 Å². The fourth-order valence-corrected chi connectivity index (χ4v) is 2.46. The normalized spacial score (nSPS) is 22.5. The van der Waals surface area contributed by atoms with Crippen LogP contribution in [0.25, 0.3) is 0 Å². The molecule has 1 amide bonds. The average molecular weight is 256 g/mol. The minimum Gasteiger partial charge on any atom is -0.341 e. The van der Waals surface area contributed by atoms with Gasteiger partial charge in [-0.3, -0.25) is 9.48 Å². The quantitative estimate of drug-likeness (QED) is 0.756. The Morgan fingerprint density at radius 1 is 1.65 bits per heavy atom. The van der Waals surface area contributed by atoms with Crippen molar-refractivity contribution in [3.8, 4) is 0 Å². The van der Waals surface area contributed by atoms with E-state index in [0.29, 0.717) is 5.92 Å². The predicted molar refractivity (Wildman–Crippen MR) is 67.1 cm³/mol. The number of nitrogens with zero attached hydrogens (tertiary/aromatic N) is 3. The molecule has 1 aliphatic heterocycles. The van der Waals surface area contributed by atoms with Crippen LogP contribution in [0.5, 0.6) is 0 Å². The van der Waals surface area contributed by atoms with Crippen molar-refractivity contribution >= 4 is 17.5 Å². The SMILES string of the molecule is C[C@@H](Cl)C(=O)N1CCC[C@@H](c2ccn(C)n2)C1. The van der Waals surface area contributed by atoms with E-state index in [1.54, 1.807) is 11.6 Å². The van der Waals surface area contributed by atoms with Crippen LogP contribution in [-0.4, -0.2) is 39.1 Å². The number of alkyl halides is 1. The van der Waals surface area contributed by atoms with Crippen molar-refractivity contribution in [2.75, 3.05) is 13.1 Å². The van der Waals surface area contributed by atoms with Crippen molar-refractivity contribution in [3.05, 3.63) is 18.0 Å². The average Bonchev–Trinajstić information content (AvgIpc) is 2.75. The Labute approximate surface area is 107 Å². The molecule has 0 unspecified atom stereocenters. The molecule has 1 aliphatic rings. The van der Waals surface area contributed by atoms with Crippen molar-refractivity contribution in [2.45, 2.75) is 31.1 Å². The zero-order valence-electron chi connectivity index (χ0n) is 10.3. The summed E-state index contributed by atoms with van der Waals surface area (Å²) in [5.41, 5.74) is 1.08. The van der Waals surface area contributed by atoms with Crippen LogP contribution >= 0.6 is 11.6 Å². The van der Waals surface area contributed by atoms with Crippen LogP contribution in [0.2, 0.25) is 0 Å². The Balaban J connectivity index is 2.04. The second-order valence-electron chi connectivity index (χ2n) is 4.65.